The average molecular weight is 1280 g/mol. The number of ether oxygens (including phenoxy) is 7. The summed E-state index contributed by atoms with van der Waals surface area (Å²) in [6, 6.07) is 15.6. The quantitative estimate of drug-likeness (QED) is 0.0552. The number of benzene rings is 4. The first kappa shape index (κ1) is 66.5. The first-order valence-electron chi connectivity index (χ1n) is 30.5. The number of nitrogens with zero attached hydrogens (tertiary/aromatic N) is 8. The number of β-amino-alcohol motifs (C(OH)–C–C–N with tert-alkyl or cyclic N) is 2. The van der Waals surface area contributed by atoms with E-state index in [1.807, 2.05) is 77.9 Å². The summed E-state index contributed by atoms with van der Waals surface area (Å²) in [4.78, 5) is 55.0. The molecule has 6 aromatic heterocycles. The van der Waals surface area contributed by atoms with Crippen molar-refractivity contribution in [3.8, 4) is 85.0 Å². The number of piperidine rings is 2. The minimum absolute atomic E-state index is 0. The Kier molecular flexibility index (Phi) is 20.5. The predicted octanol–water partition coefficient (Wildman–Crippen LogP) is 9.67. The van der Waals surface area contributed by atoms with E-state index in [4.69, 9.17) is 68.0 Å². The summed E-state index contributed by atoms with van der Waals surface area (Å²) < 4.78 is 51.7. The molecule has 0 unspecified atom stereocenters. The molecule has 0 spiro atoms. The number of amides is 1. The molecule has 0 atom stereocenters. The Morgan fingerprint density at radius 2 is 1.06 bits per heavy atom. The number of likely N-dealkylation sites (tertiary alicyclic amines) is 2. The molecule has 10 heterocycles. The number of aromatic amines is 2. The van der Waals surface area contributed by atoms with Gasteiger partial charge in [0.1, 0.15) is 72.4 Å². The van der Waals surface area contributed by atoms with Crippen molar-refractivity contribution >= 4 is 56.3 Å². The highest BCUT2D eigenvalue weighted by Crippen LogP contribution is 2.50. The van der Waals surface area contributed by atoms with E-state index in [0.29, 0.717) is 143 Å². The predicted molar refractivity (Wildman–Crippen MR) is 353 cm³/mol. The smallest absolute Gasteiger partial charge is 0.298 e. The molecule has 2 fully saturated rings. The van der Waals surface area contributed by atoms with Gasteiger partial charge in [0.15, 0.2) is 23.0 Å². The van der Waals surface area contributed by atoms with Gasteiger partial charge in [-0.2, -0.15) is 0 Å². The van der Waals surface area contributed by atoms with Gasteiger partial charge in [-0.3, -0.25) is 9.59 Å². The standard InChI is InChI=1S/C33H36N6O6.C26H22N4O6.C7H16N2O.2CH4/c1-17-27(18(2)45-38-17)24-15-25-23(16-26(24)42-4)28-29(34-19(3)35-32(28)37-25)21-5-6-22(31-30(21)43-13-14-44-31)33(41)36-20-7-9-39(10-8-20)11-12-40;1-12-21(13(2)36-30-12)17-9-18-16(10-20(17)32-4)22-23(27-14(3)28-26(22)29-18)15-5-6-19(35-11-31)25-24(15)33-7-8-34-25;8-7-1-3-9(4-2-7)5-6-10;;/h5-6,15-16,20,40H,7-14H2,1-4H3,(H,36,41)(H,34,35,37);5-6,9-11H,7-8H2,1-4H3,(H,27,28,29);7,10H,1-6,8H2;2*1H4. The Hall–Kier alpha value is -9.40. The SMILES string of the molecule is C.C.COc1cc2c(cc1-c1c(C)noc1C)[nH]c1nc(C)nc(-c3ccc(C(=O)NC4CCN(CCO)CC4)c4c3OCCO4)c12.COc1cc2c(cc1-c1c(C)noc1C)[nH]c1nc(C)nc(-c3ccc(OC=O)c4c3OCCO4)c12.NC1CCN(CCO)CC1. The van der Waals surface area contributed by atoms with Gasteiger partial charge in [0.05, 0.1) is 77.7 Å². The van der Waals surface area contributed by atoms with E-state index in [2.05, 4.69) is 40.4 Å². The van der Waals surface area contributed by atoms with Crippen LogP contribution < -0.4 is 44.2 Å². The molecule has 7 N–H and O–H groups in total. The number of fused-ring (bicyclic) bond motifs is 8. The number of hydrogen-bond acceptors (Lipinski definition) is 22. The van der Waals surface area contributed by atoms with Crippen molar-refractivity contribution in [2.45, 2.75) is 94.2 Å². The van der Waals surface area contributed by atoms with E-state index in [1.165, 1.54) is 0 Å². The fourth-order valence-electron chi connectivity index (χ4n) is 12.7. The lowest BCUT2D eigenvalue weighted by molar-refractivity contribution is -0.120. The summed E-state index contributed by atoms with van der Waals surface area (Å²) in [7, 11) is 3.27. The van der Waals surface area contributed by atoms with E-state index in [1.54, 1.807) is 26.4 Å². The molecular weight excluding hydrogens is 1190 g/mol. The molecule has 0 aliphatic carbocycles. The van der Waals surface area contributed by atoms with E-state index < -0.39 is 0 Å². The van der Waals surface area contributed by atoms with Crippen molar-refractivity contribution in [1.82, 2.24) is 55.3 Å². The maximum Gasteiger partial charge on any atom is 0.298 e. The number of hydrogen-bond donors (Lipinski definition) is 6. The summed E-state index contributed by atoms with van der Waals surface area (Å²) in [5, 5.41) is 32.6. The van der Waals surface area contributed by atoms with Crippen LogP contribution in [0.15, 0.2) is 57.6 Å². The van der Waals surface area contributed by atoms with Crippen molar-refractivity contribution in [2.75, 3.05) is 93.1 Å². The summed E-state index contributed by atoms with van der Waals surface area (Å²) in [5.74, 6) is 5.74. The van der Waals surface area contributed by atoms with Gasteiger partial charge < -0.3 is 83.2 Å². The second kappa shape index (κ2) is 28.6. The molecular formula is C68H82N12O13. The Morgan fingerprint density at radius 1 is 0.613 bits per heavy atom. The molecule has 4 aromatic carbocycles. The number of nitrogens with two attached hydrogens (primary N) is 1. The summed E-state index contributed by atoms with van der Waals surface area (Å²) >= 11 is 0. The highest BCUT2D eigenvalue weighted by molar-refractivity contribution is 6.16. The Bertz CT molecular complexity index is 4310. The van der Waals surface area contributed by atoms with Crippen LogP contribution in [-0.4, -0.2) is 178 Å². The van der Waals surface area contributed by atoms with E-state index in [-0.39, 0.29) is 45.8 Å². The largest absolute Gasteiger partial charge is 0.496 e. The third-order valence-electron chi connectivity index (χ3n) is 17.0. The number of nitrogens with one attached hydrogen (secondary N) is 3. The third kappa shape index (κ3) is 13.2. The summed E-state index contributed by atoms with van der Waals surface area (Å²) in [6.45, 7) is 18.7. The molecule has 0 bridgehead atoms. The molecule has 25 nitrogen and oxygen atoms in total. The van der Waals surface area contributed by atoms with Crippen molar-refractivity contribution in [1.29, 1.82) is 0 Å². The molecule has 492 valence electrons. The van der Waals surface area contributed by atoms with Gasteiger partial charge in [-0.05, 0) is 129 Å². The topological polar surface area (TPSA) is 319 Å². The molecule has 14 rings (SSSR count). The van der Waals surface area contributed by atoms with E-state index in [9.17, 15) is 14.7 Å². The zero-order valence-corrected chi connectivity index (χ0v) is 52.2. The monoisotopic (exact) mass is 1270 g/mol. The minimum Gasteiger partial charge on any atom is -0.496 e. The first-order valence-corrected chi connectivity index (χ1v) is 30.5. The maximum atomic E-state index is 13.5. The molecule has 93 heavy (non-hydrogen) atoms. The molecule has 2 saturated heterocycles. The van der Waals surface area contributed by atoms with Crippen molar-refractivity contribution in [2.24, 2.45) is 5.73 Å². The maximum absolute atomic E-state index is 13.5. The van der Waals surface area contributed by atoms with Crippen LogP contribution in [0, 0.1) is 41.5 Å². The van der Waals surface area contributed by atoms with Crippen LogP contribution in [-0.2, 0) is 4.79 Å². The molecule has 10 aromatic rings. The Balaban J connectivity index is 0.000000176. The number of carbonyl (C=O) groups excluding carboxylic acids is 2. The highest BCUT2D eigenvalue weighted by Gasteiger charge is 2.32. The number of methoxy groups -OCH3 is 2. The fraction of sp³-hybridized carbons (Fsp3) is 0.412. The van der Waals surface area contributed by atoms with Crippen LogP contribution >= 0.6 is 0 Å². The Labute approximate surface area is 538 Å². The number of carbonyl (C=O) groups is 2. The molecule has 0 radical (unpaired) electrons. The van der Waals surface area contributed by atoms with Gasteiger partial charge in [-0.25, -0.2) is 19.9 Å². The lowest BCUT2D eigenvalue weighted by Gasteiger charge is -2.32. The van der Waals surface area contributed by atoms with Gasteiger partial charge in [0, 0.05) is 82.3 Å². The van der Waals surface area contributed by atoms with Crippen LogP contribution in [0.4, 0.5) is 0 Å². The average Bonchev–Trinajstić information content (AvgIpc) is 1.65. The lowest BCUT2D eigenvalue weighted by atomic mass is 9.98. The van der Waals surface area contributed by atoms with Gasteiger partial charge in [0.2, 0.25) is 5.75 Å². The number of H-pyrrole nitrogens is 2. The molecule has 1 amide bonds. The Morgan fingerprint density at radius 3 is 1.52 bits per heavy atom. The van der Waals surface area contributed by atoms with Gasteiger partial charge in [0.25, 0.3) is 12.4 Å². The molecule has 4 aliphatic heterocycles. The van der Waals surface area contributed by atoms with Crippen LogP contribution in [0.1, 0.15) is 85.5 Å². The van der Waals surface area contributed by atoms with Crippen molar-refractivity contribution in [3.05, 3.63) is 88.7 Å². The highest BCUT2D eigenvalue weighted by atomic mass is 16.6. The number of aliphatic hydroxyl groups is 2. The normalized spacial score (nSPS) is 15.0. The van der Waals surface area contributed by atoms with Crippen LogP contribution in [0.25, 0.3) is 88.6 Å². The summed E-state index contributed by atoms with van der Waals surface area (Å²) in [5.41, 5.74) is 17.0. The van der Waals surface area contributed by atoms with Crippen molar-refractivity contribution in [3.63, 3.8) is 0 Å². The zero-order chi connectivity index (χ0) is 63.6. The van der Waals surface area contributed by atoms with E-state index >= 15 is 0 Å². The van der Waals surface area contributed by atoms with Crippen LogP contribution in [0.3, 0.4) is 0 Å². The van der Waals surface area contributed by atoms with Crippen LogP contribution in [0.5, 0.6) is 40.2 Å². The molecule has 25 heteroatoms. The number of aryl methyl sites for hydroxylation is 6. The lowest BCUT2D eigenvalue weighted by Crippen LogP contribution is -2.45. The zero-order valence-electron chi connectivity index (χ0n) is 52.2. The molecule has 4 aliphatic rings. The fourth-order valence-corrected chi connectivity index (χ4v) is 12.7. The summed E-state index contributed by atoms with van der Waals surface area (Å²) in [6.07, 6.45) is 3.81. The first-order chi connectivity index (χ1) is 44.2. The second-order valence-electron chi connectivity index (χ2n) is 22.9. The van der Waals surface area contributed by atoms with Gasteiger partial charge in [-0.1, -0.05) is 25.2 Å². The van der Waals surface area contributed by atoms with E-state index in [0.717, 1.165) is 125 Å². The van der Waals surface area contributed by atoms with Crippen molar-refractivity contribution < 1.29 is 62.0 Å². The number of aliphatic hydroxyl groups excluding tert-OH is 2. The van der Waals surface area contributed by atoms with Gasteiger partial charge in [-0.15, -0.1) is 0 Å². The second-order valence-corrected chi connectivity index (χ2v) is 22.9. The van der Waals surface area contributed by atoms with Crippen LogP contribution in [0.2, 0.25) is 0 Å². The number of rotatable bonds is 14. The third-order valence-corrected chi connectivity index (χ3v) is 17.0. The minimum atomic E-state index is -0.198. The molecule has 0 saturated carbocycles. The van der Waals surface area contributed by atoms with Gasteiger partial charge >= 0.3 is 0 Å². The number of aromatic nitrogens is 8.